The molecule has 1 unspecified atom stereocenters. The van der Waals surface area contributed by atoms with E-state index in [9.17, 15) is 14.7 Å². The van der Waals surface area contributed by atoms with E-state index in [0.29, 0.717) is 30.0 Å². The van der Waals surface area contributed by atoms with Crippen LogP contribution in [-0.2, 0) is 9.53 Å². The number of ether oxygens (including phenoxy) is 3. The van der Waals surface area contributed by atoms with Gasteiger partial charge in [-0.15, -0.1) is 0 Å². The maximum atomic E-state index is 12.9. The Morgan fingerprint density at radius 1 is 1.22 bits per heavy atom. The second-order valence-electron chi connectivity index (χ2n) is 7.39. The lowest BCUT2D eigenvalue weighted by molar-refractivity contribution is -0.151. The molecule has 1 aromatic carbocycles. The molecule has 1 heterocycles. The molecule has 2 aliphatic rings. The van der Waals surface area contributed by atoms with Gasteiger partial charge in [-0.3, -0.25) is 9.59 Å². The van der Waals surface area contributed by atoms with Gasteiger partial charge in [0.2, 0.25) is 0 Å². The van der Waals surface area contributed by atoms with Gasteiger partial charge < -0.3 is 24.2 Å². The van der Waals surface area contributed by atoms with E-state index in [0.717, 1.165) is 25.7 Å². The third kappa shape index (κ3) is 4.03. The summed E-state index contributed by atoms with van der Waals surface area (Å²) in [6.07, 6.45) is 4.84. The van der Waals surface area contributed by atoms with E-state index >= 15 is 0 Å². The molecule has 1 aliphatic heterocycles. The lowest BCUT2D eigenvalue weighted by Gasteiger charge is -2.24. The molecule has 0 spiro atoms. The third-order valence-electron chi connectivity index (χ3n) is 5.52. The number of methoxy groups -OCH3 is 2. The topological polar surface area (TPSA) is 85.3 Å². The first-order valence-electron chi connectivity index (χ1n) is 9.35. The first-order chi connectivity index (χ1) is 13.0. The van der Waals surface area contributed by atoms with Crippen molar-refractivity contribution in [2.75, 3.05) is 33.9 Å². The maximum absolute atomic E-state index is 12.9. The predicted octanol–water partition coefficient (Wildman–Crippen LogP) is 2.58. The molecule has 0 aromatic heterocycles. The van der Waals surface area contributed by atoms with Crippen LogP contribution in [0.1, 0.15) is 42.5 Å². The largest absolute Gasteiger partial charge is 0.493 e. The summed E-state index contributed by atoms with van der Waals surface area (Å²) >= 11 is 0. The summed E-state index contributed by atoms with van der Waals surface area (Å²) in [5, 5.41) is 9.58. The van der Waals surface area contributed by atoms with Gasteiger partial charge in [0.15, 0.2) is 11.5 Å². The van der Waals surface area contributed by atoms with Gasteiger partial charge in [-0.05, 0) is 50.3 Å². The molecule has 148 valence electrons. The molecule has 3 rings (SSSR count). The Morgan fingerprint density at radius 3 is 2.59 bits per heavy atom. The smallest absolute Gasteiger partial charge is 0.313 e. The lowest BCUT2D eigenvalue weighted by atomic mass is 9.88. The highest BCUT2D eigenvalue weighted by molar-refractivity contribution is 5.95. The molecule has 1 amide bonds. The Labute approximate surface area is 159 Å². The van der Waals surface area contributed by atoms with Gasteiger partial charge >= 0.3 is 5.97 Å². The Kier molecular flexibility index (Phi) is 5.89. The molecule has 27 heavy (non-hydrogen) atoms. The number of nitrogens with zero attached hydrogens (tertiary/aromatic N) is 1. The Morgan fingerprint density at radius 2 is 1.96 bits per heavy atom. The number of aliphatic carboxylic acids is 1. The SMILES string of the molecule is COCC1(C(=O)O)CCN(C(=O)c2ccc(OC)c(OC3CCCC3)c2)C1. The van der Waals surface area contributed by atoms with Crippen molar-refractivity contribution in [2.45, 2.75) is 38.2 Å². The van der Waals surface area contributed by atoms with E-state index in [4.69, 9.17) is 14.2 Å². The van der Waals surface area contributed by atoms with Gasteiger partial charge in [-0.1, -0.05) is 0 Å². The highest BCUT2D eigenvalue weighted by atomic mass is 16.5. The monoisotopic (exact) mass is 377 g/mol. The Hall–Kier alpha value is -2.28. The van der Waals surface area contributed by atoms with Gasteiger partial charge in [0, 0.05) is 25.8 Å². The Bertz CT molecular complexity index is 700. The van der Waals surface area contributed by atoms with Gasteiger partial charge in [-0.25, -0.2) is 0 Å². The van der Waals surface area contributed by atoms with Gasteiger partial charge in [-0.2, -0.15) is 0 Å². The van der Waals surface area contributed by atoms with E-state index < -0.39 is 11.4 Å². The fourth-order valence-electron chi connectivity index (χ4n) is 3.95. The van der Waals surface area contributed by atoms with Crippen LogP contribution < -0.4 is 9.47 Å². The van der Waals surface area contributed by atoms with E-state index in [1.165, 1.54) is 7.11 Å². The first kappa shape index (κ1) is 19.5. The molecule has 1 saturated heterocycles. The fourth-order valence-corrected chi connectivity index (χ4v) is 3.95. The first-order valence-corrected chi connectivity index (χ1v) is 9.35. The summed E-state index contributed by atoms with van der Waals surface area (Å²) < 4.78 is 16.5. The van der Waals surface area contributed by atoms with Crippen LogP contribution in [0, 0.1) is 5.41 Å². The number of carbonyl (C=O) groups excluding carboxylic acids is 1. The molecule has 0 radical (unpaired) electrons. The number of amides is 1. The zero-order valence-electron chi connectivity index (χ0n) is 15.9. The number of likely N-dealkylation sites (tertiary alicyclic amines) is 1. The minimum Gasteiger partial charge on any atom is -0.493 e. The molecule has 7 heteroatoms. The van der Waals surface area contributed by atoms with Crippen LogP contribution in [0.4, 0.5) is 0 Å². The average molecular weight is 377 g/mol. The van der Waals surface area contributed by atoms with Crippen LogP contribution in [0.5, 0.6) is 11.5 Å². The number of carbonyl (C=O) groups is 2. The minimum absolute atomic E-state index is 0.0881. The van der Waals surface area contributed by atoms with Crippen molar-refractivity contribution in [3.63, 3.8) is 0 Å². The minimum atomic E-state index is -1.04. The highest BCUT2D eigenvalue weighted by Gasteiger charge is 2.46. The quantitative estimate of drug-likeness (QED) is 0.786. The van der Waals surface area contributed by atoms with Crippen LogP contribution in [0.15, 0.2) is 18.2 Å². The van der Waals surface area contributed by atoms with Gasteiger partial charge in [0.1, 0.15) is 5.41 Å². The van der Waals surface area contributed by atoms with Crippen LogP contribution in [0.25, 0.3) is 0 Å². The fraction of sp³-hybridized carbons (Fsp3) is 0.600. The van der Waals surface area contributed by atoms with Crippen molar-refractivity contribution in [3.8, 4) is 11.5 Å². The zero-order valence-corrected chi connectivity index (χ0v) is 15.9. The van der Waals surface area contributed by atoms with Crippen LogP contribution in [0.3, 0.4) is 0 Å². The predicted molar refractivity (Wildman–Crippen MR) is 98.3 cm³/mol. The third-order valence-corrected chi connectivity index (χ3v) is 5.52. The average Bonchev–Trinajstić information content (AvgIpc) is 3.32. The summed E-state index contributed by atoms with van der Waals surface area (Å²) in [4.78, 5) is 26.2. The van der Waals surface area contributed by atoms with E-state index in [1.807, 2.05) is 0 Å². The number of benzene rings is 1. The molecule has 1 saturated carbocycles. The van der Waals surface area contributed by atoms with Crippen molar-refractivity contribution in [2.24, 2.45) is 5.41 Å². The van der Waals surface area contributed by atoms with E-state index in [1.54, 1.807) is 30.2 Å². The summed E-state index contributed by atoms with van der Waals surface area (Å²) in [5.74, 6) is 0.0303. The van der Waals surface area contributed by atoms with Crippen molar-refractivity contribution in [1.82, 2.24) is 4.90 Å². The summed E-state index contributed by atoms with van der Waals surface area (Å²) in [5.41, 5.74) is -0.567. The summed E-state index contributed by atoms with van der Waals surface area (Å²) in [7, 11) is 3.05. The second-order valence-corrected chi connectivity index (χ2v) is 7.39. The van der Waals surface area contributed by atoms with E-state index in [2.05, 4.69) is 0 Å². The van der Waals surface area contributed by atoms with Crippen LogP contribution in [0.2, 0.25) is 0 Å². The number of hydrogen-bond donors (Lipinski definition) is 1. The number of hydrogen-bond acceptors (Lipinski definition) is 5. The lowest BCUT2D eigenvalue weighted by Crippen LogP contribution is -2.40. The molecular weight excluding hydrogens is 350 g/mol. The molecule has 1 atom stereocenters. The maximum Gasteiger partial charge on any atom is 0.313 e. The highest BCUT2D eigenvalue weighted by Crippen LogP contribution is 2.35. The van der Waals surface area contributed by atoms with Gasteiger partial charge in [0.25, 0.3) is 5.91 Å². The van der Waals surface area contributed by atoms with Crippen LogP contribution in [-0.4, -0.2) is 61.9 Å². The van der Waals surface area contributed by atoms with Crippen molar-refractivity contribution in [3.05, 3.63) is 23.8 Å². The standard InChI is InChI=1S/C20H27NO6/c1-25-13-20(19(23)24)9-10-21(12-20)18(22)14-7-8-16(26-2)17(11-14)27-15-5-3-4-6-15/h7-8,11,15H,3-6,9-10,12-13H2,1-2H3,(H,23,24). The van der Waals surface area contributed by atoms with Crippen molar-refractivity contribution in [1.29, 1.82) is 0 Å². The molecule has 1 N–H and O–H groups in total. The second kappa shape index (κ2) is 8.17. The number of carboxylic acid groups (broad SMARTS) is 1. The number of carboxylic acids is 1. The Balaban J connectivity index is 1.77. The van der Waals surface area contributed by atoms with E-state index in [-0.39, 0.29) is 25.2 Å². The molecular formula is C20H27NO6. The van der Waals surface area contributed by atoms with Gasteiger partial charge in [0.05, 0.1) is 19.8 Å². The molecule has 0 bridgehead atoms. The number of rotatable bonds is 7. The van der Waals surface area contributed by atoms with Crippen LogP contribution >= 0.6 is 0 Å². The summed E-state index contributed by atoms with van der Waals surface area (Å²) in [6.45, 7) is 0.615. The molecule has 1 aliphatic carbocycles. The van der Waals surface area contributed by atoms with Crippen molar-refractivity contribution < 1.29 is 28.9 Å². The van der Waals surface area contributed by atoms with Crippen molar-refractivity contribution >= 4 is 11.9 Å². The zero-order chi connectivity index (χ0) is 19.4. The molecule has 7 nitrogen and oxygen atoms in total. The molecule has 1 aromatic rings. The molecule has 2 fully saturated rings. The summed E-state index contributed by atoms with van der Waals surface area (Å²) in [6, 6.07) is 5.13. The normalized spacial score (nSPS) is 22.8.